The lowest BCUT2D eigenvalue weighted by Crippen LogP contribution is -2.57. The van der Waals surface area contributed by atoms with Gasteiger partial charge < -0.3 is 25.0 Å². The molecule has 0 aromatic rings. The number of alkyl halides is 3. The predicted octanol–water partition coefficient (Wildman–Crippen LogP) is 1.09. The van der Waals surface area contributed by atoms with Gasteiger partial charge in [0, 0.05) is 26.6 Å². The molecule has 162 valence electrons. The Balaban J connectivity index is 3.08. The largest absolute Gasteiger partial charge is 0.478 e. The molecule has 29 heavy (non-hydrogen) atoms. The van der Waals surface area contributed by atoms with Crippen LogP contribution in [0.25, 0.3) is 0 Å². The van der Waals surface area contributed by atoms with E-state index in [1.165, 1.54) is 25.4 Å². The van der Waals surface area contributed by atoms with E-state index < -0.39 is 42.6 Å². The maximum atomic E-state index is 13.1. The highest BCUT2D eigenvalue weighted by molar-refractivity contribution is 5.91. The van der Waals surface area contributed by atoms with Crippen LogP contribution in [-0.2, 0) is 19.2 Å². The molecule has 0 saturated heterocycles. The van der Waals surface area contributed by atoms with E-state index in [9.17, 15) is 32.3 Å². The van der Waals surface area contributed by atoms with Crippen LogP contribution in [0.1, 0.15) is 26.2 Å². The molecule has 0 radical (unpaired) electrons. The molecule has 2 N–H and O–H groups in total. The maximum Gasteiger partial charge on any atom is 0.471 e. The van der Waals surface area contributed by atoms with Crippen LogP contribution in [0.3, 0.4) is 0 Å². The van der Waals surface area contributed by atoms with Crippen LogP contribution < -0.4 is 5.32 Å². The maximum absolute atomic E-state index is 13.1. The van der Waals surface area contributed by atoms with Crippen LogP contribution in [0.2, 0.25) is 0 Å². The summed E-state index contributed by atoms with van der Waals surface area (Å²) in [6.45, 7) is 0.372. The summed E-state index contributed by atoms with van der Waals surface area (Å²) in [6.07, 6.45) is -0.0552. The van der Waals surface area contributed by atoms with Crippen molar-refractivity contribution in [2.45, 2.75) is 37.9 Å². The lowest BCUT2D eigenvalue weighted by atomic mass is 9.90. The summed E-state index contributed by atoms with van der Waals surface area (Å²) in [7, 11) is 1.36. The number of carbonyl (C=O) groups is 4. The first-order valence-corrected chi connectivity index (χ1v) is 8.90. The lowest BCUT2D eigenvalue weighted by Gasteiger charge is -2.38. The summed E-state index contributed by atoms with van der Waals surface area (Å²) in [5, 5.41) is 12.0. The topological polar surface area (TPSA) is 107 Å². The van der Waals surface area contributed by atoms with E-state index in [-0.39, 0.29) is 25.0 Å². The fourth-order valence-electron chi connectivity index (χ4n) is 2.76. The second-order valence-corrected chi connectivity index (χ2v) is 6.68. The third kappa shape index (κ3) is 6.91. The van der Waals surface area contributed by atoms with Gasteiger partial charge in [-0.1, -0.05) is 6.92 Å². The van der Waals surface area contributed by atoms with E-state index in [1.54, 1.807) is 6.92 Å². The first kappa shape index (κ1) is 24.2. The first-order valence-electron chi connectivity index (χ1n) is 8.90. The molecule has 2 amide bonds. The van der Waals surface area contributed by atoms with Crippen molar-refractivity contribution in [3.63, 3.8) is 0 Å². The Hall–Kier alpha value is -2.85. The molecular weight excluding hydrogens is 395 g/mol. The Kier molecular flexibility index (Phi) is 8.41. The molecule has 8 nitrogen and oxygen atoms in total. The molecule has 0 aromatic carbocycles. The standard InChI is InChI=1S/C18H24F3N3O5/c1-3-17(10-13(15(27)28)6-7-22-17)12-24(16(29)18(19,20)21)11-14(26)23(2)8-4-5-9-25/h6-7,9-10,22H,3-5,8,11-12H2,1-2H3,(H,27,28). The van der Waals surface area contributed by atoms with Gasteiger partial charge in [-0.05, 0) is 31.2 Å². The van der Waals surface area contributed by atoms with Crippen LogP contribution in [0, 0.1) is 0 Å². The normalized spacial score (nSPS) is 18.4. The quantitative estimate of drug-likeness (QED) is 0.406. The third-order valence-corrected chi connectivity index (χ3v) is 4.51. The molecule has 0 fully saturated rings. The highest BCUT2D eigenvalue weighted by Gasteiger charge is 2.45. The molecule has 0 aliphatic carbocycles. The molecule has 0 spiro atoms. The Bertz CT molecular complexity index is 705. The summed E-state index contributed by atoms with van der Waals surface area (Å²) in [5.74, 6) is -4.18. The number of rotatable bonds is 10. The van der Waals surface area contributed by atoms with Crippen LogP contribution in [0.4, 0.5) is 13.2 Å². The number of nitrogens with one attached hydrogen (secondary N) is 1. The molecule has 0 bridgehead atoms. The number of hydrogen-bond donors (Lipinski definition) is 2. The zero-order valence-electron chi connectivity index (χ0n) is 16.2. The molecule has 11 heteroatoms. The molecule has 0 aromatic heterocycles. The number of halogens is 3. The number of unbranched alkanes of at least 4 members (excludes halogenated alkanes) is 1. The van der Waals surface area contributed by atoms with Gasteiger partial charge in [-0.15, -0.1) is 0 Å². The summed E-state index contributed by atoms with van der Waals surface area (Å²) in [4.78, 5) is 47.4. The highest BCUT2D eigenvalue weighted by Crippen LogP contribution is 2.25. The fraction of sp³-hybridized carbons (Fsp3) is 0.556. The molecule has 1 heterocycles. The van der Waals surface area contributed by atoms with Crippen molar-refractivity contribution < 1.29 is 37.5 Å². The second kappa shape index (κ2) is 10.1. The van der Waals surface area contributed by atoms with Gasteiger partial charge in [0.1, 0.15) is 12.8 Å². The fourth-order valence-corrected chi connectivity index (χ4v) is 2.76. The predicted molar refractivity (Wildman–Crippen MR) is 96.6 cm³/mol. The van der Waals surface area contributed by atoms with E-state index in [2.05, 4.69) is 5.32 Å². The molecule has 0 saturated carbocycles. The van der Waals surface area contributed by atoms with Gasteiger partial charge >= 0.3 is 18.1 Å². The Morgan fingerprint density at radius 3 is 2.48 bits per heavy atom. The van der Waals surface area contributed by atoms with Crippen LogP contribution in [0.5, 0.6) is 0 Å². The number of amides is 2. The number of likely N-dealkylation sites (N-methyl/N-ethyl adjacent to an activating group) is 1. The van der Waals surface area contributed by atoms with Crippen molar-refractivity contribution >= 4 is 24.1 Å². The smallest absolute Gasteiger partial charge is 0.471 e. The molecule has 1 aliphatic heterocycles. The number of aldehydes is 1. The first-order chi connectivity index (χ1) is 13.5. The average molecular weight is 419 g/mol. The number of carbonyl (C=O) groups excluding carboxylic acids is 3. The molecule has 1 aliphatic rings. The van der Waals surface area contributed by atoms with E-state index in [0.717, 1.165) is 4.90 Å². The Morgan fingerprint density at radius 2 is 1.97 bits per heavy atom. The van der Waals surface area contributed by atoms with Gasteiger partial charge in [0.25, 0.3) is 0 Å². The number of dihydropyridines is 1. The monoisotopic (exact) mass is 419 g/mol. The number of hydrogen-bond acceptors (Lipinski definition) is 5. The second-order valence-electron chi connectivity index (χ2n) is 6.68. The minimum absolute atomic E-state index is 0.137. The van der Waals surface area contributed by atoms with Crippen molar-refractivity contribution in [1.29, 1.82) is 0 Å². The lowest BCUT2D eigenvalue weighted by molar-refractivity contribution is -0.187. The minimum Gasteiger partial charge on any atom is -0.478 e. The van der Waals surface area contributed by atoms with Gasteiger partial charge in [-0.3, -0.25) is 9.59 Å². The van der Waals surface area contributed by atoms with E-state index >= 15 is 0 Å². The van der Waals surface area contributed by atoms with Gasteiger partial charge in [0.15, 0.2) is 0 Å². The Morgan fingerprint density at radius 1 is 1.31 bits per heavy atom. The van der Waals surface area contributed by atoms with E-state index in [0.29, 0.717) is 17.6 Å². The number of carboxylic acid groups (broad SMARTS) is 1. The molecule has 1 rings (SSSR count). The molecule has 1 atom stereocenters. The highest BCUT2D eigenvalue weighted by atomic mass is 19.4. The average Bonchev–Trinajstić information content (AvgIpc) is 2.66. The number of nitrogens with zero attached hydrogens (tertiary/aromatic N) is 2. The van der Waals surface area contributed by atoms with Crippen LogP contribution >= 0.6 is 0 Å². The SMILES string of the molecule is CCC1(CN(CC(=O)N(C)CCCC=O)C(=O)C(F)(F)F)C=C(C(=O)O)C=CN1. The Labute approximate surface area is 166 Å². The van der Waals surface area contributed by atoms with Crippen molar-refractivity contribution in [2.75, 3.05) is 26.7 Å². The summed E-state index contributed by atoms with van der Waals surface area (Å²) < 4.78 is 39.3. The van der Waals surface area contributed by atoms with Crippen molar-refractivity contribution in [3.05, 3.63) is 23.9 Å². The van der Waals surface area contributed by atoms with Crippen molar-refractivity contribution in [2.24, 2.45) is 0 Å². The van der Waals surface area contributed by atoms with Crippen LogP contribution in [0.15, 0.2) is 23.9 Å². The van der Waals surface area contributed by atoms with E-state index in [4.69, 9.17) is 5.11 Å². The summed E-state index contributed by atoms with van der Waals surface area (Å²) in [5.41, 5.74) is -1.41. The minimum atomic E-state index is -5.20. The van der Waals surface area contributed by atoms with Crippen LogP contribution in [-0.4, -0.2) is 77.4 Å². The summed E-state index contributed by atoms with van der Waals surface area (Å²) >= 11 is 0. The van der Waals surface area contributed by atoms with Gasteiger partial charge in [0.2, 0.25) is 5.91 Å². The zero-order chi connectivity index (χ0) is 22.2. The van der Waals surface area contributed by atoms with Gasteiger partial charge in [-0.25, -0.2) is 4.79 Å². The molecular formula is C18H24F3N3O5. The zero-order valence-corrected chi connectivity index (χ0v) is 16.2. The van der Waals surface area contributed by atoms with Crippen molar-refractivity contribution in [1.82, 2.24) is 15.1 Å². The van der Waals surface area contributed by atoms with Gasteiger partial charge in [-0.2, -0.15) is 13.2 Å². The van der Waals surface area contributed by atoms with Crippen molar-refractivity contribution in [3.8, 4) is 0 Å². The van der Waals surface area contributed by atoms with E-state index in [1.807, 2.05) is 0 Å². The number of aliphatic carboxylic acids is 1. The summed E-state index contributed by atoms with van der Waals surface area (Å²) in [6, 6.07) is 0. The third-order valence-electron chi connectivity index (χ3n) is 4.51. The number of carboxylic acids is 1. The molecule has 1 unspecified atom stereocenters. The van der Waals surface area contributed by atoms with Gasteiger partial charge in [0.05, 0.1) is 11.1 Å².